The van der Waals surface area contributed by atoms with Gasteiger partial charge in [0.1, 0.15) is 11.4 Å². The summed E-state index contributed by atoms with van der Waals surface area (Å²) < 4.78 is 18.9. The molecule has 1 atom stereocenters. The van der Waals surface area contributed by atoms with Crippen LogP contribution in [0.2, 0.25) is 0 Å². The van der Waals surface area contributed by atoms with E-state index in [1.54, 1.807) is 18.2 Å². The third-order valence-electron chi connectivity index (χ3n) is 5.12. The summed E-state index contributed by atoms with van der Waals surface area (Å²) in [4.78, 5) is 26.1. The highest BCUT2D eigenvalue weighted by molar-refractivity contribution is 6.07. The first kappa shape index (κ1) is 18.8. The zero-order valence-electron chi connectivity index (χ0n) is 14.7. The van der Waals surface area contributed by atoms with Crippen molar-refractivity contribution in [3.05, 3.63) is 35.6 Å². The van der Waals surface area contributed by atoms with Crippen molar-refractivity contribution in [2.75, 3.05) is 13.2 Å². The second kappa shape index (κ2) is 8.14. The van der Waals surface area contributed by atoms with Crippen molar-refractivity contribution >= 4 is 11.9 Å². The SMILES string of the molecule is O=C1NC2(CCCCCC2)C(=O)N1C[C@H](O)COCc1ccccc1F. The van der Waals surface area contributed by atoms with E-state index in [1.807, 2.05) is 0 Å². The maximum Gasteiger partial charge on any atom is 0.325 e. The van der Waals surface area contributed by atoms with Crippen molar-refractivity contribution in [3.8, 4) is 0 Å². The van der Waals surface area contributed by atoms with Crippen LogP contribution in [0.25, 0.3) is 0 Å². The molecule has 0 radical (unpaired) electrons. The van der Waals surface area contributed by atoms with Crippen LogP contribution in [0, 0.1) is 5.82 Å². The molecule has 0 unspecified atom stereocenters. The Morgan fingerprint density at radius 2 is 1.88 bits per heavy atom. The van der Waals surface area contributed by atoms with Gasteiger partial charge in [0, 0.05) is 5.56 Å². The summed E-state index contributed by atoms with van der Waals surface area (Å²) in [5.41, 5.74) is -0.409. The van der Waals surface area contributed by atoms with Crippen molar-refractivity contribution in [1.29, 1.82) is 0 Å². The minimum absolute atomic E-state index is 0.0216. The summed E-state index contributed by atoms with van der Waals surface area (Å²) in [5, 5.41) is 13.0. The van der Waals surface area contributed by atoms with Crippen LogP contribution in [0.5, 0.6) is 0 Å². The van der Waals surface area contributed by atoms with Crippen LogP contribution in [0.1, 0.15) is 44.1 Å². The number of hydrogen-bond donors (Lipinski definition) is 2. The fraction of sp³-hybridized carbons (Fsp3) is 0.579. The zero-order valence-corrected chi connectivity index (χ0v) is 14.7. The molecule has 2 fully saturated rings. The quantitative estimate of drug-likeness (QED) is 0.760. The third-order valence-corrected chi connectivity index (χ3v) is 5.12. The fourth-order valence-corrected chi connectivity index (χ4v) is 3.70. The van der Waals surface area contributed by atoms with E-state index >= 15 is 0 Å². The number of ether oxygens (including phenoxy) is 1. The van der Waals surface area contributed by atoms with Gasteiger partial charge in [-0.3, -0.25) is 9.69 Å². The molecular weight excluding hydrogens is 339 g/mol. The first-order valence-corrected chi connectivity index (χ1v) is 9.15. The second-order valence-corrected chi connectivity index (χ2v) is 7.10. The number of rotatable bonds is 6. The van der Waals surface area contributed by atoms with Crippen LogP contribution >= 0.6 is 0 Å². The van der Waals surface area contributed by atoms with Gasteiger partial charge in [-0.2, -0.15) is 0 Å². The monoisotopic (exact) mass is 364 g/mol. The predicted molar refractivity (Wildman–Crippen MR) is 92.7 cm³/mol. The third kappa shape index (κ3) is 4.04. The minimum atomic E-state index is -1.02. The van der Waals surface area contributed by atoms with E-state index in [2.05, 4.69) is 5.32 Å². The number of carbonyl (C=O) groups is 2. The summed E-state index contributed by atoms with van der Waals surface area (Å²) >= 11 is 0. The first-order valence-electron chi connectivity index (χ1n) is 9.15. The van der Waals surface area contributed by atoms with Crippen LogP contribution in [0.3, 0.4) is 0 Å². The molecule has 1 aliphatic carbocycles. The van der Waals surface area contributed by atoms with Gasteiger partial charge in [-0.15, -0.1) is 0 Å². The number of nitrogens with zero attached hydrogens (tertiary/aromatic N) is 1. The normalized spacial score (nSPS) is 20.9. The maximum absolute atomic E-state index is 13.5. The Hall–Kier alpha value is -1.99. The number of imide groups is 1. The lowest BCUT2D eigenvalue weighted by atomic mass is 9.90. The van der Waals surface area contributed by atoms with E-state index in [4.69, 9.17) is 4.74 Å². The largest absolute Gasteiger partial charge is 0.389 e. The Labute approximate surface area is 152 Å². The molecule has 1 saturated carbocycles. The predicted octanol–water partition coefficient (Wildman–Crippen LogP) is 2.35. The number of benzene rings is 1. The van der Waals surface area contributed by atoms with Crippen molar-refractivity contribution in [3.63, 3.8) is 0 Å². The van der Waals surface area contributed by atoms with E-state index in [9.17, 15) is 19.1 Å². The molecule has 1 saturated heterocycles. The van der Waals surface area contributed by atoms with E-state index < -0.39 is 17.7 Å². The molecule has 26 heavy (non-hydrogen) atoms. The fourth-order valence-electron chi connectivity index (χ4n) is 3.70. The number of amides is 3. The Morgan fingerprint density at radius 1 is 1.19 bits per heavy atom. The van der Waals surface area contributed by atoms with Crippen LogP contribution in [-0.2, 0) is 16.1 Å². The van der Waals surface area contributed by atoms with Gasteiger partial charge in [0.2, 0.25) is 0 Å². The molecule has 1 aromatic carbocycles. The summed E-state index contributed by atoms with van der Waals surface area (Å²) in [7, 11) is 0. The highest BCUT2D eigenvalue weighted by atomic mass is 19.1. The van der Waals surface area contributed by atoms with Crippen LogP contribution < -0.4 is 5.32 Å². The van der Waals surface area contributed by atoms with Gasteiger partial charge in [0.05, 0.1) is 25.9 Å². The van der Waals surface area contributed by atoms with Gasteiger partial charge in [0.15, 0.2) is 0 Å². The first-order chi connectivity index (χ1) is 12.5. The molecule has 142 valence electrons. The van der Waals surface area contributed by atoms with Crippen molar-refractivity contribution in [2.24, 2.45) is 0 Å². The van der Waals surface area contributed by atoms with Gasteiger partial charge in [-0.25, -0.2) is 9.18 Å². The van der Waals surface area contributed by atoms with Crippen molar-refractivity contribution in [1.82, 2.24) is 10.2 Å². The topological polar surface area (TPSA) is 78.9 Å². The molecule has 3 rings (SSSR count). The molecule has 2 N–H and O–H groups in total. The average Bonchev–Trinajstić information content (AvgIpc) is 2.79. The molecule has 6 nitrogen and oxygen atoms in total. The number of nitrogens with one attached hydrogen (secondary N) is 1. The number of hydrogen-bond acceptors (Lipinski definition) is 4. The molecule has 0 bridgehead atoms. The number of β-amino-alcohol motifs (C(OH)–C–C–N with tert-alkyl or cyclic N) is 1. The summed E-state index contributed by atoms with van der Waals surface area (Å²) in [6.45, 7) is -0.185. The Morgan fingerprint density at radius 3 is 2.58 bits per heavy atom. The molecule has 1 spiro atoms. The number of aliphatic hydroxyl groups is 1. The lowest BCUT2D eigenvalue weighted by molar-refractivity contribution is -0.133. The summed E-state index contributed by atoms with van der Waals surface area (Å²) in [6, 6.07) is 5.79. The molecule has 1 heterocycles. The molecule has 7 heteroatoms. The van der Waals surface area contributed by atoms with Crippen LogP contribution in [-0.4, -0.2) is 46.7 Å². The van der Waals surface area contributed by atoms with E-state index in [-0.39, 0.29) is 31.5 Å². The Balaban J connectivity index is 1.52. The van der Waals surface area contributed by atoms with Gasteiger partial charge in [0.25, 0.3) is 5.91 Å². The summed E-state index contributed by atoms with van der Waals surface area (Å²) in [5.74, 6) is -0.621. The standard InChI is InChI=1S/C19H25FN2O4/c20-16-8-4-3-7-14(16)12-26-13-15(23)11-22-17(24)19(21-18(22)25)9-5-1-2-6-10-19/h3-4,7-8,15,23H,1-2,5-6,9-13H2,(H,21,25)/t15-/m0/s1. The second-order valence-electron chi connectivity index (χ2n) is 7.10. The maximum atomic E-state index is 13.5. The van der Waals surface area contributed by atoms with Crippen LogP contribution in [0.15, 0.2) is 24.3 Å². The Kier molecular flexibility index (Phi) is 5.88. The molecule has 3 amide bonds. The van der Waals surface area contributed by atoms with Gasteiger partial charge in [-0.05, 0) is 18.9 Å². The number of halogens is 1. The molecule has 1 aliphatic heterocycles. The van der Waals surface area contributed by atoms with Gasteiger partial charge >= 0.3 is 6.03 Å². The van der Waals surface area contributed by atoms with E-state index in [0.29, 0.717) is 18.4 Å². The summed E-state index contributed by atoms with van der Waals surface area (Å²) in [6.07, 6.45) is 4.23. The lowest BCUT2D eigenvalue weighted by Crippen LogP contribution is -2.47. The molecule has 0 aromatic heterocycles. The van der Waals surface area contributed by atoms with Crippen molar-refractivity contribution in [2.45, 2.75) is 56.8 Å². The number of urea groups is 1. The average molecular weight is 364 g/mol. The van der Waals surface area contributed by atoms with Crippen molar-refractivity contribution < 1.29 is 23.8 Å². The van der Waals surface area contributed by atoms with Gasteiger partial charge < -0.3 is 15.2 Å². The Bertz CT molecular complexity index is 659. The van der Waals surface area contributed by atoms with Gasteiger partial charge in [-0.1, -0.05) is 43.9 Å². The van der Waals surface area contributed by atoms with E-state index in [0.717, 1.165) is 30.6 Å². The molecular formula is C19H25FN2O4. The molecule has 1 aromatic rings. The highest BCUT2D eigenvalue weighted by Crippen LogP contribution is 2.32. The zero-order chi connectivity index (χ0) is 18.6. The molecule has 2 aliphatic rings. The highest BCUT2D eigenvalue weighted by Gasteiger charge is 2.50. The van der Waals surface area contributed by atoms with E-state index in [1.165, 1.54) is 6.07 Å². The number of carbonyl (C=O) groups excluding carboxylic acids is 2. The number of aliphatic hydroxyl groups excluding tert-OH is 1. The lowest BCUT2D eigenvalue weighted by Gasteiger charge is -2.25. The minimum Gasteiger partial charge on any atom is -0.389 e. The smallest absolute Gasteiger partial charge is 0.325 e. The van der Waals surface area contributed by atoms with Crippen LogP contribution in [0.4, 0.5) is 9.18 Å².